The van der Waals surface area contributed by atoms with E-state index >= 15 is 0 Å². The van der Waals surface area contributed by atoms with Gasteiger partial charge in [-0.3, -0.25) is 18.9 Å². The molecule has 0 amide bonds. The number of pyridine rings is 1. The first-order chi connectivity index (χ1) is 22.8. The van der Waals surface area contributed by atoms with E-state index in [1.54, 1.807) is 18.3 Å². The smallest absolute Gasteiger partial charge is 0 e. The zero-order chi connectivity index (χ0) is 37.6. The number of aryl methyl sites for hydroxylation is 2. The average Bonchev–Trinajstić information content (AvgIpc) is 3.16. The molecule has 18 heteroatoms. The Bertz CT molecular complexity index is 1590. The van der Waals surface area contributed by atoms with Crippen molar-refractivity contribution in [3.63, 3.8) is 0 Å². The maximum Gasteiger partial charge on any atom is 0 e. The number of anilines is 1. The third-order valence-corrected chi connectivity index (χ3v) is 4.76. The minimum Gasteiger partial charge on any atom is -1.00 e. The number of aromatic nitrogens is 3. The zero-order valence-corrected chi connectivity index (χ0v) is 34.3. The van der Waals surface area contributed by atoms with Crippen molar-refractivity contribution in [3.8, 4) is 0 Å². The van der Waals surface area contributed by atoms with E-state index in [1.165, 1.54) is 42.2 Å². The van der Waals surface area contributed by atoms with Crippen LogP contribution in [-0.2, 0) is 82.9 Å². The number of halogens is 2. The molecule has 0 fully saturated rings. The van der Waals surface area contributed by atoms with E-state index in [-0.39, 0.29) is 77.0 Å². The first-order valence-corrected chi connectivity index (χ1v) is 12.1. The van der Waals surface area contributed by atoms with E-state index in [0.29, 0.717) is 5.69 Å². The number of nitrogens with zero attached hydrogens (tertiary/aromatic N) is 5. The zero-order valence-electron chi connectivity index (χ0n) is 27.3. The third-order valence-electron chi connectivity index (χ3n) is 4.76. The summed E-state index contributed by atoms with van der Waals surface area (Å²) in [5.41, 5.74) is 8.11. The van der Waals surface area contributed by atoms with E-state index in [9.17, 15) is 9.59 Å². The Morgan fingerprint density at radius 1 is 0.608 bits per heavy atom. The summed E-state index contributed by atoms with van der Waals surface area (Å²) < 4.78 is 47.1. The Hall–Kier alpha value is -4.25. The van der Waals surface area contributed by atoms with Crippen LogP contribution in [-0.4, -0.2) is 26.5 Å². The van der Waals surface area contributed by atoms with Crippen LogP contribution in [0.1, 0.15) is 22.4 Å². The van der Waals surface area contributed by atoms with Crippen LogP contribution in [0.15, 0.2) is 105 Å². The summed E-state index contributed by atoms with van der Waals surface area (Å²) in [7, 11) is 2.85. The topological polar surface area (TPSA) is 227 Å². The predicted molar refractivity (Wildman–Crippen MR) is 167 cm³/mol. The van der Waals surface area contributed by atoms with Gasteiger partial charge >= 0.3 is 73.5 Å². The van der Waals surface area contributed by atoms with Gasteiger partial charge in [-0.25, -0.2) is 4.79 Å². The van der Waals surface area contributed by atoms with Gasteiger partial charge in [0, 0.05) is 61.1 Å². The fourth-order valence-electron chi connectivity index (χ4n) is 2.71. The number of rotatable bonds is 3. The van der Waals surface area contributed by atoms with E-state index in [0.717, 1.165) is 4.57 Å². The summed E-state index contributed by atoms with van der Waals surface area (Å²) >= 11 is 0. The Morgan fingerprint density at radius 3 is 1.27 bits per heavy atom. The van der Waals surface area contributed by atoms with Crippen LogP contribution >= 0.6 is 0 Å². The molecule has 2 aromatic carbocycles. The van der Waals surface area contributed by atoms with Gasteiger partial charge in [0.1, 0.15) is 11.4 Å². The molecule has 0 unspecified atom stereocenters. The molecule has 2 N–H and O–H groups in total. The van der Waals surface area contributed by atoms with Gasteiger partial charge in [0.25, 0.3) is 5.56 Å². The Labute approximate surface area is 336 Å². The van der Waals surface area contributed by atoms with Gasteiger partial charge in [0.05, 0.1) is 18.1 Å². The summed E-state index contributed by atoms with van der Waals surface area (Å²) in [4.78, 5) is 27.6. The van der Waals surface area contributed by atoms with E-state index in [1.807, 2.05) is 42.5 Å². The second-order valence-electron chi connectivity index (χ2n) is 7.56. The maximum atomic E-state index is 11.9. The van der Waals surface area contributed by atoms with Gasteiger partial charge < -0.3 is 30.5 Å². The summed E-state index contributed by atoms with van der Waals surface area (Å²) in [6.07, 6.45) is 4.29. The average molecular weight is 1080 g/mol. The van der Waals surface area contributed by atoms with Crippen LogP contribution in [0.3, 0.4) is 0 Å². The van der Waals surface area contributed by atoms with Crippen LogP contribution in [0.4, 0.5) is 5.82 Å². The van der Waals surface area contributed by atoms with Gasteiger partial charge in [0.15, 0.2) is 0 Å². The minimum absolute atomic E-state index is 0. The molecule has 0 aliphatic rings. The number of benzene rings is 2. The second kappa shape index (κ2) is 52.6. The standard InChI is InChI=1S/C13H14N6O2.2C7H8.6CO.2ClH.2Re/c1-18-11(14)10(12(20)19(2)13(18)21)8-17-16-7-9-5-3-4-6-15-9;2*1-7-5-3-2-4-6-7;6*1-2;;;;/h3-8H,14H2,1-2H3;2*2-6H,1H3;;;;;;;2*1H;;/p-2/b16-7+,17-8+;;;;;;;;;;;;. The van der Waals surface area contributed by atoms with Gasteiger partial charge in [-0.1, -0.05) is 77.9 Å². The summed E-state index contributed by atoms with van der Waals surface area (Å²) in [6, 6.07) is 25.9. The quantitative estimate of drug-likeness (QED) is 0.1000. The van der Waals surface area contributed by atoms with Crippen molar-refractivity contribution in [2.75, 3.05) is 5.73 Å². The molecule has 4 rings (SSSR count). The molecular formula is C33H30Cl2N6O8Re2-2. The third kappa shape index (κ3) is 34.0. The fourth-order valence-corrected chi connectivity index (χ4v) is 2.71. The van der Waals surface area contributed by atoms with Crippen molar-refractivity contribution in [2.45, 2.75) is 13.8 Å². The van der Waals surface area contributed by atoms with Gasteiger partial charge in [0.2, 0.25) is 0 Å². The molecule has 0 atom stereocenters. The number of nitrogens with two attached hydrogens (primary N) is 1. The SMILES string of the molecule is Cc1ccccc1.Cc1ccccc1.Cn1c(N)c(/C=N/N=C/c2ccccn2)c(=O)n(C)c1=O.[C-]#[O+].[C-]#[O+].[C-]#[O+].[C-]#[O+].[C-]#[O+].[C-]#[O+].[Cl-].[Cl-].[Re].[Re]. The van der Waals surface area contributed by atoms with Gasteiger partial charge in [-0.05, 0) is 26.0 Å². The Balaban J connectivity index is -0.0000000704. The monoisotopic (exact) mass is 1080 g/mol. The summed E-state index contributed by atoms with van der Waals surface area (Å²) in [6.45, 7) is 31.2. The molecule has 2 aromatic heterocycles. The largest absolute Gasteiger partial charge is 1.00 e. The van der Waals surface area contributed by atoms with Crippen LogP contribution in [0.2, 0.25) is 0 Å². The van der Waals surface area contributed by atoms with Crippen molar-refractivity contribution >= 4 is 18.2 Å². The molecule has 0 aliphatic heterocycles. The Kier molecular flexibility index (Phi) is 70.8. The maximum absolute atomic E-state index is 11.9. The molecule has 4 aromatic rings. The fraction of sp³-hybridized carbons (Fsp3) is 0.121. The molecular weight excluding hydrogens is 1050 g/mol. The molecule has 270 valence electrons. The molecule has 2 radical (unpaired) electrons. The van der Waals surface area contributed by atoms with Gasteiger partial charge in [-0.2, -0.15) is 10.2 Å². The molecule has 14 nitrogen and oxygen atoms in total. The first-order valence-electron chi connectivity index (χ1n) is 12.1. The first kappa shape index (κ1) is 68.7. The number of hydrogen-bond acceptors (Lipinski definition) is 6. The molecule has 0 spiro atoms. The van der Waals surface area contributed by atoms with Crippen LogP contribution < -0.4 is 41.8 Å². The number of nitrogen functional groups attached to an aromatic ring is 1. The van der Waals surface area contributed by atoms with Crippen molar-refractivity contribution in [2.24, 2.45) is 24.3 Å². The normalized spacial score (nSPS) is 7.37. The minimum atomic E-state index is -0.521. The predicted octanol–water partition coefficient (Wildman–Crippen LogP) is -2.72. The molecule has 0 aliphatic carbocycles. The number of hydrogen-bond donors (Lipinski definition) is 1. The van der Waals surface area contributed by atoms with Crippen LogP contribution in [0.5, 0.6) is 0 Å². The van der Waals surface area contributed by atoms with Crippen LogP contribution in [0.25, 0.3) is 0 Å². The van der Waals surface area contributed by atoms with Crippen molar-refractivity contribution < 1.29 is 93.6 Å². The van der Waals surface area contributed by atoms with Crippen LogP contribution in [0, 0.1) is 53.7 Å². The second-order valence-corrected chi connectivity index (χ2v) is 7.56. The molecule has 0 bridgehead atoms. The van der Waals surface area contributed by atoms with Crippen molar-refractivity contribution in [3.05, 3.63) is 168 Å². The summed E-state index contributed by atoms with van der Waals surface area (Å²) in [5.74, 6) is 0.0416. The Morgan fingerprint density at radius 2 is 0.961 bits per heavy atom. The van der Waals surface area contributed by atoms with Gasteiger partial charge in [-0.15, -0.1) is 0 Å². The van der Waals surface area contributed by atoms with Crippen molar-refractivity contribution in [1.29, 1.82) is 0 Å². The molecule has 51 heavy (non-hydrogen) atoms. The molecule has 0 saturated carbocycles. The molecule has 2 heterocycles. The van der Waals surface area contributed by atoms with E-state index in [4.69, 9.17) is 33.6 Å². The van der Waals surface area contributed by atoms with E-state index < -0.39 is 11.2 Å². The summed E-state index contributed by atoms with van der Waals surface area (Å²) in [5, 5.41) is 7.56. The van der Waals surface area contributed by atoms with Crippen molar-refractivity contribution in [1.82, 2.24) is 14.1 Å². The molecule has 0 saturated heterocycles. The van der Waals surface area contributed by atoms with E-state index in [2.05, 4.69) is 93.2 Å².